The Hall–Kier alpha value is -2.90. The van der Waals surface area contributed by atoms with Crippen LogP contribution in [0.5, 0.6) is 0 Å². The molecule has 1 N–H and O–H groups in total. The second kappa shape index (κ2) is 8.69. The molecule has 8 heteroatoms. The average Bonchev–Trinajstić information content (AvgIpc) is 3.31. The van der Waals surface area contributed by atoms with Crippen molar-refractivity contribution in [3.63, 3.8) is 0 Å². The van der Waals surface area contributed by atoms with E-state index in [1.54, 1.807) is 12.4 Å². The molecule has 0 spiro atoms. The van der Waals surface area contributed by atoms with Gasteiger partial charge in [-0.2, -0.15) is 5.10 Å². The summed E-state index contributed by atoms with van der Waals surface area (Å²) in [6.45, 7) is 3.93. The topological polar surface area (TPSA) is 83.4 Å². The van der Waals surface area contributed by atoms with E-state index in [2.05, 4.69) is 25.2 Å². The van der Waals surface area contributed by atoms with Gasteiger partial charge in [-0.1, -0.05) is 0 Å². The molecule has 3 atom stereocenters. The Morgan fingerprint density at radius 3 is 3.00 bits per heavy atom. The lowest BCUT2D eigenvalue weighted by Crippen LogP contribution is -2.60. The zero-order chi connectivity index (χ0) is 21.2. The van der Waals surface area contributed by atoms with Crippen LogP contribution in [0, 0.1) is 11.8 Å². The van der Waals surface area contributed by atoms with E-state index < -0.39 is 0 Å². The second-order valence-corrected chi connectivity index (χ2v) is 9.03. The second-order valence-electron chi connectivity index (χ2n) is 9.03. The van der Waals surface area contributed by atoms with E-state index >= 15 is 0 Å². The van der Waals surface area contributed by atoms with Crippen LogP contribution in [0.2, 0.25) is 0 Å². The van der Waals surface area contributed by atoms with Crippen molar-refractivity contribution in [2.75, 3.05) is 31.1 Å². The number of pyridine rings is 1. The highest BCUT2D eigenvalue weighted by atomic mass is 16.2. The Bertz CT molecular complexity index is 930. The predicted octanol–water partition coefficient (Wildman–Crippen LogP) is 1.94. The summed E-state index contributed by atoms with van der Waals surface area (Å²) in [7, 11) is 0. The molecule has 0 saturated carbocycles. The lowest BCUT2D eigenvalue weighted by atomic mass is 9.76. The van der Waals surface area contributed by atoms with Crippen molar-refractivity contribution < 1.29 is 9.59 Å². The molecule has 5 heterocycles. The molecule has 5 rings (SSSR count). The Kier molecular flexibility index (Phi) is 5.61. The van der Waals surface area contributed by atoms with Gasteiger partial charge in [-0.25, -0.2) is 4.98 Å². The summed E-state index contributed by atoms with van der Waals surface area (Å²) in [6.07, 6.45) is 10.2. The molecule has 3 aliphatic rings. The summed E-state index contributed by atoms with van der Waals surface area (Å²) in [5.41, 5.74) is 0.637. The summed E-state index contributed by atoms with van der Waals surface area (Å²) >= 11 is 0. The molecular formula is C23H30N6O2. The number of fused-ring (bicyclic) bond motifs is 4. The maximum Gasteiger partial charge on any atom is 0.255 e. The summed E-state index contributed by atoms with van der Waals surface area (Å²) in [6, 6.07) is 5.95. The van der Waals surface area contributed by atoms with E-state index in [9.17, 15) is 9.59 Å². The van der Waals surface area contributed by atoms with Gasteiger partial charge in [-0.15, -0.1) is 0 Å². The molecule has 31 heavy (non-hydrogen) atoms. The van der Waals surface area contributed by atoms with E-state index in [1.807, 2.05) is 29.1 Å². The number of carbonyl (C=O) groups excluding carboxylic acids is 2. The number of hydrogen-bond donors (Lipinski definition) is 1. The molecule has 164 valence electrons. The van der Waals surface area contributed by atoms with Crippen LogP contribution in [0.4, 0.5) is 5.82 Å². The maximum atomic E-state index is 12.9. The van der Waals surface area contributed by atoms with Crippen LogP contribution in [0.3, 0.4) is 0 Å². The molecule has 2 aromatic rings. The third-order valence-corrected chi connectivity index (χ3v) is 6.92. The maximum absolute atomic E-state index is 12.9. The molecular weight excluding hydrogens is 392 g/mol. The smallest absolute Gasteiger partial charge is 0.255 e. The summed E-state index contributed by atoms with van der Waals surface area (Å²) < 4.78 is 1.87. The quantitative estimate of drug-likeness (QED) is 0.720. The van der Waals surface area contributed by atoms with Crippen molar-refractivity contribution in [2.24, 2.45) is 11.8 Å². The van der Waals surface area contributed by atoms with Crippen LogP contribution in [0.1, 0.15) is 42.5 Å². The number of amides is 2. The minimum Gasteiger partial charge on any atom is -0.355 e. The number of aryl methyl sites for hydroxylation is 1. The van der Waals surface area contributed by atoms with Crippen LogP contribution in [0.15, 0.2) is 36.8 Å². The molecule has 8 nitrogen and oxygen atoms in total. The Morgan fingerprint density at radius 2 is 2.13 bits per heavy atom. The normalized spacial score (nSPS) is 25.3. The van der Waals surface area contributed by atoms with E-state index in [1.165, 1.54) is 6.42 Å². The zero-order valence-electron chi connectivity index (χ0n) is 17.8. The molecule has 3 saturated heterocycles. The predicted molar refractivity (Wildman–Crippen MR) is 117 cm³/mol. The number of carbonyl (C=O) groups is 2. The van der Waals surface area contributed by atoms with Gasteiger partial charge in [0, 0.05) is 63.8 Å². The largest absolute Gasteiger partial charge is 0.355 e. The zero-order valence-corrected chi connectivity index (χ0v) is 17.8. The lowest BCUT2D eigenvalue weighted by molar-refractivity contribution is -0.142. The minimum atomic E-state index is -0.0752. The van der Waals surface area contributed by atoms with Crippen LogP contribution in [0.25, 0.3) is 0 Å². The molecule has 0 unspecified atom stereocenters. The Morgan fingerprint density at radius 1 is 1.19 bits per heavy atom. The molecule has 2 amide bonds. The minimum absolute atomic E-state index is 0.0752. The van der Waals surface area contributed by atoms with Gasteiger partial charge in [-0.3, -0.25) is 14.3 Å². The first-order chi connectivity index (χ1) is 15.2. The number of aromatic nitrogens is 3. The molecule has 2 bridgehead atoms. The van der Waals surface area contributed by atoms with Crippen molar-refractivity contribution in [3.05, 3.63) is 42.4 Å². The first kappa shape index (κ1) is 20.0. The lowest BCUT2D eigenvalue weighted by Gasteiger charge is -2.52. The van der Waals surface area contributed by atoms with Gasteiger partial charge in [0.25, 0.3) is 5.91 Å². The number of piperidine rings is 3. The van der Waals surface area contributed by atoms with E-state index in [0.29, 0.717) is 42.3 Å². The van der Waals surface area contributed by atoms with Crippen LogP contribution >= 0.6 is 0 Å². The number of nitrogens with zero attached hydrogens (tertiary/aromatic N) is 5. The Balaban J connectivity index is 1.25. The SMILES string of the molecule is O=C(NCCCn1cccn1)c1cccnc1N1C[C@H]2C[C@H](C1)[C@H]1CCCC(=O)N1C2. The standard InChI is InChI=1S/C23H30N6O2/c30-21-7-1-6-20-18-13-17(15-29(20)21)14-27(16-18)22-19(5-2-8-24-22)23(31)25-9-3-11-28-12-4-10-26-28/h2,4-5,8,10,12,17-18,20H,1,3,6-7,9,11,13-16H2,(H,25,31)/t17-,18-,20-/m1/s1. The van der Waals surface area contributed by atoms with Gasteiger partial charge in [-0.05, 0) is 55.7 Å². The van der Waals surface area contributed by atoms with Crippen LogP contribution in [-0.4, -0.2) is 63.7 Å². The Labute approximate surface area is 182 Å². The highest BCUT2D eigenvalue weighted by Crippen LogP contribution is 2.39. The molecule has 3 fully saturated rings. The van der Waals surface area contributed by atoms with E-state index in [4.69, 9.17) is 0 Å². The van der Waals surface area contributed by atoms with Crippen LogP contribution in [-0.2, 0) is 11.3 Å². The fourth-order valence-corrected chi connectivity index (χ4v) is 5.58. The highest BCUT2D eigenvalue weighted by Gasteiger charge is 2.44. The number of hydrogen-bond acceptors (Lipinski definition) is 5. The number of nitrogens with one attached hydrogen (secondary N) is 1. The number of rotatable bonds is 6. The van der Waals surface area contributed by atoms with E-state index in [-0.39, 0.29) is 5.91 Å². The highest BCUT2D eigenvalue weighted by molar-refractivity contribution is 5.98. The van der Waals surface area contributed by atoms with Gasteiger partial charge < -0.3 is 15.1 Å². The summed E-state index contributed by atoms with van der Waals surface area (Å²) in [4.78, 5) is 34.4. The van der Waals surface area contributed by atoms with E-state index in [0.717, 1.165) is 51.3 Å². The van der Waals surface area contributed by atoms with Gasteiger partial charge in [0.15, 0.2) is 0 Å². The third kappa shape index (κ3) is 4.16. The van der Waals surface area contributed by atoms with Crippen molar-refractivity contribution >= 4 is 17.6 Å². The molecule has 3 aliphatic heterocycles. The van der Waals surface area contributed by atoms with Gasteiger partial charge in [0.05, 0.1) is 5.56 Å². The van der Waals surface area contributed by atoms with Gasteiger partial charge in [0.2, 0.25) is 5.91 Å². The third-order valence-electron chi connectivity index (χ3n) is 6.92. The van der Waals surface area contributed by atoms with Crippen LogP contribution < -0.4 is 10.2 Å². The van der Waals surface area contributed by atoms with Gasteiger partial charge >= 0.3 is 0 Å². The molecule has 0 radical (unpaired) electrons. The molecule has 2 aromatic heterocycles. The fraction of sp³-hybridized carbons (Fsp3) is 0.565. The molecule has 0 aromatic carbocycles. The van der Waals surface area contributed by atoms with Crippen molar-refractivity contribution in [1.29, 1.82) is 0 Å². The van der Waals surface area contributed by atoms with Crippen molar-refractivity contribution in [3.8, 4) is 0 Å². The molecule has 0 aliphatic carbocycles. The van der Waals surface area contributed by atoms with Crippen molar-refractivity contribution in [1.82, 2.24) is 25.0 Å². The fourth-order valence-electron chi connectivity index (χ4n) is 5.58. The summed E-state index contributed by atoms with van der Waals surface area (Å²) in [5, 5.41) is 7.23. The average molecular weight is 423 g/mol. The number of anilines is 1. The van der Waals surface area contributed by atoms with Gasteiger partial charge in [0.1, 0.15) is 5.82 Å². The first-order valence-electron chi connectivity index (χ1n) is 11.4. The first-order valence-corrected chi connectivity index (χ1v) is 11.4. The summed E-state index contributed by atoms with van der Waals surface area (Å²) in [5.74, 6) is 1.94. The monoisotopic (exact) mass is 422 g/mol. The van der Waals surface area contributed by atoms with Crippen molar-refractivity contribution in [2.45, 2.75) is 44.7 Å².